The molecule has 0 radical (unpaired) electrons. The summed E-state index contributed by atoms with van der Waals surface area (Å²) in [5.74, 6) is 0.772. The second-order valence-corrected chi connectivity index (χ2v) is 8.68. The van der Waals surface area contributed by atoms with E-state index in [-0.39, 0.29) is 12.1 Å². The van der Waals surface area contributed by atoms with E-state index in [1.165, 1.54) is 6.42 Å². The molecule has 168 valence electrons. The molecule has 1 saturated carbocycles. The van der Waals surface area contributed by atoms with E-state index < -0.39 is 12.0 Å². The number of ether oxygens (including phenoxy) is 2. The van der Waals surface area contributed by atoms with Gasteiger partial charge in [0.25, 0.3) is 0 Å². The van der Waals surface area contributed by atoms with Crippen molar-refractivity contribution in [3.05, 3.63) is 77.0 Å². The Morgan fingerprint density at radius 2 is 1.81 bits per heavy atom. The summed E-state index contributed by atoms with van der Waals surface area (Å²) in [5.41, 5.74) is 2.68. The van der Waals surface area contributed by atoms with Gasteiger partial charge in [0, 0.05) is 11.3 Å². The Morgan fingerprint density at radius 1 is 1.06 bits per heavy atom. The van der Waals surface area contributed by atoms with Gasteiger partial charge < -0.3 is 20.1 Å². The molecule has 0 unspecified atom stereocenters. The number of nitrogens with one attached hydrogen (secondary N) is 2. The zero-order valence-corrected chi connectivity index (χ0v) is 18.6. The van der Waals surface area contributed by atoms with Gasteiger partial charge in [0.2, 0.25) is 0 Å². The van der Waals surface area contributed by atoms with Gasteiger partial charge in [-0.2, -0.15) is 0 Å². The first-order valence-electron chi connectivity index (χ1n) is 11.3. The summed E-state index contributed by atoms with van der Waals surface area (Å²) in [4.78, 5) is 25.6. The van der Waals surface area contributed by atoms with Crippen LogP contribution in [0.2, 0.25) is 0 Å². The van der Waals surface area contributed by atoms with Crippen LogP contribution in [0.15, 0.2) is 65.9 Å². The second kappa shape index (κ2) is 9.90. The maximum absolute atomic E-state index is 13.3. The summed E-state index contributed by atoms with van der Waals surface area (Å²) < 4.78 is 12.0. The van der Waals surface area contributed by atoms with E-state index in [2.05, 4.69) is 17.6 Å². The van der Waals surface area contributed by atoms with E-state index in [0.717, 1.165) is 30.4 Å². The zero-order valence-electron chi connectivity index (χ0n) is 18.6. The van der Waals surface area contributed by atoms with Crippen LogP contribution in [0, 0.1) is 5.92 Å². The van der Waals surface area contributed by atoms with Crippen molar-refractivity contribution in [2.75, 3.05) is 0 Å². The molecule has 0 spiro atoms. The lowest BCUT2D eigenvalue weighted by atomic mass is 9.88. The van der Waals surface area contributed by atoms with Gasteiger partial charge in [0.05, 0.1) is 11.6 Å². The number of urea groups is 1. The number of hydrogen-bond acceptors (Lipinski definition) is 4. The lowest BCUT2D eigenvalue weighted by molar-refractivity contribution is -0.146. The minimum Gasteiger partial charge on any atom is -0.489 e. The third kappa shape index (κ3) is 5.13. The molecule has 1 fully saturated rings. The summed E-state index contributed by atoms with van der Waals surface area (Å²) in [7, 11) is 0. The molecule has 2 amide bonds. The lowest BCUT2D eigenvalue weighted by Crippen LogP contribution is -2.45. The number of benzene rings is 2. The average molecular weight is 435 g/mol. The Kier molecular flexibility index (Phi) is 6.78. The Morgan fingerprint density at radius 3 is 2.59 bits per heavy atom. The van der Waals surface area contributed by atoms with E-state index in [1.807, 2.05) is 54.6 Å². The molecule has 0 aromatic heterocycles. The van der Waals surface area contributed by atoms with Gasteiger partial charge in [-0.1, -0.05) is 61.9 Å². The number of esters is 1. The van der Waals surface area contributed by atoms with Crippen molar-refractivity contribution >= 4 is 12.0 Å². The number of carbonyl (C=O) groups excluding carboxylic acids is 2. The number of hydrogen-bond donors (Lipinski definition) is 2. The summed E-state index contributed by atoms with van der Waals surface area (Å²) in [6.45, 7) is 4.31. The average Bonchev–Trinajstić information content (AvgIpc) is 2.78. The van der Waals surface area contributed by atoms with E-state index in [0.29, 0.717) is 29.5 Å². The summed E-state index contributed by atoms with van der Waals surface area (Å²) in [6.07, 6.45) is 3.89. The highest BCUT2D eigenvalue weighted by Crippen LogP contribution is 2.35. The normalized spacial score (nSPS) is 23.2. The van der Waals surface area contributed by atoms with E-state index >= 15 is 0 Å². The van der Waals surface area contributed by atoms with Crippen LogP contribution < -0.4 is 15.4 Å². The summed E-state index contributed by atoms with van der Waals surface area (Å²) in [6, 6.07) is 16.4. The van der Waals surface area contributed by atoms with Crippen molar-refractivity contribution in [3.63, 3.8) is 0 Å². The Labute approximate surface area is 189 Å². The number of amides is 2. The highest BCUT2D eigenvalue weighted by molar-refractivity contribution is 5.95. The van der Waals surface area contributed by atoms with Gasteiger partial charge in [0.1, 0.15) is 18.5 Å². The van der Waals surface area contributed by atoms with Crippen molar-refractivity contribution in [1.82, 2.24) is 10.6 Å². The van der Waals surface area contributed by atoms with Gasteiger partial charge in [-0.3, -0.25) is 0 Å². The molecule has 0 saturated heterocycles. The molecule has 2 N–H and O–H groups in total. The maximum Gasteiger partial charge on any atom is 0.338 e. The van der Waals surface area contributed by atoms with Crippen LogP contribution in [-0.4, -0.2) is 18.1 Å². The van der Waals surface area contributed by atoms with Crippen LogP contribution in [0.5, 0.6) is 5.75 Å². The molecule has 6 heteroatoms. The lowest BCUT2D eigenvalue weighted by Gasteiger charge is -2.31. The molecule has 2 aromatic rings. The Hall–Kier alpha value is -3.28. The van der Waals surface area contributed by atoms with E-state index in [1.54, 1.807) is 6.92 Å². The molecular formula is C26H30N2O4. The molecule has 32 heavy (non-hydrogen) atoms. The number of allylic oxidation sites excluding steroid dienone is 1. The topological polar surface area (TPSA) is 76.7 Å². The largest absolute Gasteiger partial charge is 0.489 e. The molecule has 6 nitrogen and oxygen atoms in total. The first-order chi connectivity index (χ1) is 15.5. The third-order valence-corrected chi connectivity index (χ3v) is 6.12. The molecular weight excluding hydrogens is 404 g/mol. The standard InChI is InChI=1S/C26H30N2O4/c1-17-9-8-12-20(15-17)32-25(29)23-18(2)27-26(30)28-24(23)21-13-6-7-14-22(21)31-16-19-10-4-3-5-11-19/h3-7,10-11,13-14,17,20,24H,8-9,12,15-16H2,1-2H3,(H2,27,28,30)/t17-,20-,24+/m1/s1. The monoisotopic (exact) mass is 434 g/mol. The van der Waals surface area contributed by atoms with Crippen LogP contribution in [-0.2, 0) is 16.1 Å². The van der Waals surface area contributed by atoms with Crippen molar-refractivity contribution in [2.24, 2.45) is 5.92 Å². The number of rotatable bonds is 6. The van der Waals surface area contributed by atoms with Crippen LogP contribution in [0.3, 0.4) is 0 Å². The van der Waals surface area contributed by atoms with Gasteiger partial charge >= 0.3 is 12.0 Å². The van der Waals surface area contributed by atoms with E-state index in [9.17, 15) is 9.59 Å². The number of para-hydroxylation sites is 1. The molecule has 2 aromatic carbocycles. The third-order valence-electron chi connectivity index (χ3n) is 6.12. The van der Waals surface area contributed by atoms with Crippen molar-refractivity contribution in [1.29, 1.82) is 0 Å². The maximum atomic E-state index is 13.3. The van der Waals surface area contributed by atoms with Gasteiger partial charge in [-0.05, 0) is 43.7 Å². The number of carbonyl (C=O) groups is 2. The Bertz CT molecular complexity index is 1000. The fourth-order valence-corrected chi connectivity index (χ4v) is 4.48. The van der Waals surface area contributed by atoms with Gasteiger partial charge in [0.15, 0.2) is 0 Å². The molecule has 4 rings (SSSR count). The van der Waals surface area contributed by atoms with Crippen molar-refractivity contribution in [3.8, 4) is 5.75 Å². The van der Waals surface area contributed by atoms with Crippen LogP contribution >= 0.6 is 0 Å². The molecule has 2 aliphatic rings. The predicted molar refractivity (Wildman–Crippen MR) is 122 cm³/mol. The molecule has 3 atom stereocenters. The zero-order chi connectivity index (χ0) is 22.5. The summed E-state index contributed by atoms with van der Waals surface area (Å²) >= 11 is 0. The van der Waals surface area contributed by atoms with Gasteiger partial charge in [-0.25, -0.2) is 9.59 Å². The van der Waals surface area contributed by atoms with Crippen molar-refractivity contribution in [2.45, 2.75) is 58.3 Å². The quantitative estimate of drug-likeness (QED) is 0.626. The highest BCUT2D eigenvalue weighted by Gasteiger charge is 2.35. The first kappa shape index (κ1) is 21.9. The fourth-order valence-electron chi connectivity index (χ4n) is 4.48. The van der Waals surface area contributed by atoms with Crippen LogP contribution in [0.1, 0.15) is 56.7 Å². The van der Waals surface area contributed by atoms with Crippen LogP contribution in [0.25, 0.3) is 0 Å². The highest BCUT2D eigenvalue weighted by atomic mass is 16.5. The second-order valence-electron chi connectivity index (χ2n) is 8.68. The first-order valence-corrected chi connectivity index (χ1v) is 11.3. The summed E-state index contributed by atoms with van der Waals surface area (Å²) in [5, 5.41) is 5.61. The SMILES string of the molecule is CC1=C(C(=O)O[C@@H]2CCC[C@@H](C)C2)[C@H](c2ccccc2OCc2ccccc2)NC(=O)N1. The minimum atomic E-state index is -0.649. The Balaban J connectivity index is 1.58. The van der Waals surface area contributed by atoms with Crippen molar-refractivity contribution < 1.29 is 19.1 Å². The fraction of sp³-hybridized carbons (Fsp3) is 0.385. The smallest absolute Gasteiger partial charge is 0.338 e. The molecule has 1 aliphatic carbocycles. The minimum absolute atomic E-state index is 0.0885. The van der Waals surface area contributed by atoms with E-state index in [4.69, 9.17) is 9.47 Å². The van der Waals surface area contributed by atoms with Crippen LogP contribution in [0.4, 0.5) is 4.79 Å². The molecule has 0 bridgehead atoms. The van der Waals surface area contributed by atoms with Gasteiger partial charge in [-0.15, -0.1) is 0 Å². The molecule has 1 heterocycles. The predicted octanol–water partition coefficient (Wildman–Crippen LogP) is 5.02. The molecule has 1 aliphatic heterocycles.